The molecule has 13 aromatic carbocycles. The van der Waals surface area contributed by atoms with Gasteiger partial charge in [0.15, 0.2) is 0 Å². The van der Waals surface area contributed by atoms with Crippen molar-refractivity contribution in [2.45, 2.75) is 38.5 Å². The van der Waals surface area contributed by atoms with E-state index in [1.165, 1.54) is 177 Å². The highest BCUT2D eigenvalue weighted by Crippen LogP contribution is 2.65. The molecule has 0 nitrogen and oxygen atoms in total. The van der Waals surface area contributed by atoms with E-state index < -0.39 is 0 Å². The summed E-state index contributed by atoms with van der Waals surface area (Å²) >= 11 is 0. The van der Waals surface area contributed by atoms with Gasteiger partial charge in [0.25, 0.3) is 0 Å². The number of hydrogen-bond donors (Lipinski definition) is 0. The van der Waals surface area contributed by atoms with Crippen LogP contribution in [0.3, 0.4) is 0 Å². The maximum Gasteiger partial charge on any atom is 0.0159 e. The second kappa shape index (κ2) is 16.5. The van der Waals surface area contributed by atoms with Crippen LogP contribution in [-0.2, 0) is 10.8 Å². The summed E-state index contributed by atoms with van der Waals surface area (Å²) in [6.45, 7) is 9.61. The summed E-state index contributed by atoms with van der Waals surface area (Å²) in [5, 5.41) is 5.21. The van der Waals surface area contributed by atoms with Gasteiger partial charge in [-0.2, -0.15) is 0 Å². The van der Waals surface area contributed by atoms with Gasteiger partial charge in [0, 0.05) is 10.8 Å². The summed E-state index contributed by atoms with van der Waals surface area (Å²) in [7, 11) is 0. The predicted octanol–water partition coefficient (Wildman–Crippen LogP) is 21.9. The Bertz CT molecular complexity index is 4850. The maximum atomic E-state index is 2.54. The van der Waals surface area contributed by atoms with Crippen molar-refractivity contribution in [1.82, 2.24) is 0 Å². The van der Waals surface area contributed by atoms with E-state index >= 15 is 0 Å². The highest BCUT2D eigenvalue weighted by Gasteiger charge is 2.40. The van der Waals surface area contributed by atoms with Crippen LogP contribution in [0, 0.1) is 0 Å². The van der Waals surface area contributed by atoms with Gasteiger partial charge in [-0.15, -0.1) is 0 Å². The lowest BCUT2D eigenvalue weighted by Gasteiger charge is -2.24. The third-order valence-corrected chi connectivity index (χ3v) is 19.0. The molecule has 0 heterocycles. The van der Waals surface area contributed by atoms with Gasteiger partial charge in [0.2, 0.25) is 0 Å². The molecule has 80 heavy (non-hydrogen) atoms. The fourth-order valence-corrected chi connectivity index (χ4v) is 15.4. The molecule has 17 rings (SSSR count). The van der Waals surface area contributed by atoms with Crippen LogP contribution in [0.2, 0.25) is 0 Å². The van der Waals surface area contributed by atoms with Gasteiger partial charge >= 0.3 is 0 Å². The van der Waals surface area contributed by atoms with Crippen LogP contribution in [0.4, 0.5) is 0 Å². The first-order chi connectivity index (χ1) is 39.3. The van der Waals surface area contributed by atoms with Crippen LogP contribution in [0.1, 0.15) is 49.9 Å². The second-order valence-corrected chi connectivity index (χ2v) is 23.7. The van der Waals surface area contributed by atoms with Gasteiger partial charge in [-0.25, -0.2) is 0 Å². The molecule has 0 aliphatic heterocycles. The fraction of sp³-hybridized carbons (Fsp3) is 0.0750. The van der Waals surface area contributed by atoms with Crippen molar-refractivity contribution in [1.29, 1.82) is 0 Å². The van der Waals surface area contributed by atoms with Gasteiger partial charge in [-0.05, 0) is 189 Å². The standard InChI is InChI=1S/C80H54/c1-79(2)67-33-19-17-28-55(67)57-37-35-49(45-69(57)79)53-39-40-62(54-27-13-11-25-51(54)47-21-7-5-8-22-47)74-64-42-43-65-76-66(44-41-63(72(53)74)75(64)76)78-73(59-30-14-12-26-52(59)48-23-9-6-10-24-48)61-32-16-15-31-60(61)71(77(65)78)50-36-38-58-56-29-18-20-34-68(56)80(3,4)70(58)46-50/h5-46H,1-4H3. The molecule has 13 aromatic rings. The van der Waals surface area contributed by atoms with E-state index in [1.807, 2.05) is 0 Å². The first kappa shape index (κ1) is 45.4. The quantitative estimate of drug-likeness (QED) is 0.156. The lowest BCUT2D eigenvalue weighted by atomic mass is 9.78. The minimum atomic E-state index is -0.153. The third-order valence-electron chi connectivity index (χ3n) is 19.0. The third kappa shape index (κ3) is 6.06. The van der Waals surface area contributed by atoms with Crippen molar-refractivity contribution in [2.24, 2.45) is 0 Å². The predicted molar refractivity (Wildman–Crippen MR) is 338 cm³/mol. The molecule has 0 spiro atoms. The molecule has 4 aliphatic rings. The summed E-state index contributed by atoms with van der Waals surface area (Å²) in [6.07, 6.45) is 0. The molecule has 0 bridgehead atoms. The molecule has 0 fully saturated rings. The van der Waals surface area contributed by atoms with Crippen LogP contribution in [0.25, 0.3) is 155 Å². The lowest BCUT2D eigenvalue weighted by Crippen LogP contribution is -2.14. The van der Waals surface area contributed by atoms with Crippen molar-refractivity contribution in [2.75, 3.05) is 0 Å². The maximum absolute atomic E-state index is 2.54. The normalized spacial score (nSPS) is 13.9. The highest BCUT2D eigenvalue weighted by molar-refractivity contribution is 6.34. The van der Waals surface area contributed by atoms with E-state index in [9.17, 15) is 0 Å². The zero-order valence-electron chi connectivity index (χ0n) is 45.2. The van der Waals surface area contributed by atoms with Crippen LogP contribution in [-0.4, -0.2) is 0 Å². The van der Waals surface area contributed by atoms with E-state index in [-0.39, 0.29) is 10.8 Å². The Kier molecular flexibility index (Phi) is 9.34. The number of benzene rings is 13. The van der Waals surface area contributed by atoms with Crippen molar-refractivity contribution in [3.8, 4) is 134 Å². The highest BCUT2D eigenvalue weighted by atomic mass is 14.4. The summed E-state index contributed by atoms with van der Waals surface area (Å²) in [6, 6.07) is 96.9. The molecule has 4 aliphatic carbocycles. The molecule has 0 N–H and O–H groups in total. The largest absolute Gasteiger partial charge is 0.0622 e. The minimum Gasteiger partial charge on any atom is -0.0622 e. The zero-order chi connectivity index (χ0) is 53.2. The first-order valence-electron chi connectivity index (χ1n) is 28.4. The van der Waals surface area contributed by atoms with Gasteiger partial charge in [0.05, 0.1) is 0 Å². The van der Waals surface area contributed by atoms with E-state index in [4.69, 9.17) is 0 Å². The summed E-state index contributed by atoms with van der Waals surface area (Å²) < 4.78 is 0. The molecule has 0 saturated heterocycles. The van der Waals surface area contributed by atoms with E-state index in [2.05, 4.69) is 282 Å². The summed E-state index contributed by atoms with van der Waals surface area (Å²) in [5.74, 6) is 0. The molecule has 0 heteroatoms. The van der Waals surface area contributed by atoms with Crippen molar-refractivity contribution in [3.05, 3.63) is 277 Å². The summed E-state index contributed by atoms with van der Waals surface area (Å²) in [5.41, 5.74) is 36.1. The van der Waals surface area contributed by atoms with E-state index in [1.54, 1.807) is 0 Å². The second-order valence-electron chi connectivity index (χ2n) is 23.7. The van der Waals surface area contributed by atoms with Gasteiger partial charge < -0.3 is 0 Å². The smallest absolute Gasteiger partial charge is 0.0159 e. The van der Waals surface area contributed by atoms with Crippen molar-refractivity contribution < 1.29 is 0 Å². The molecule has 0 amide bonds. The van der Waals surface area contributed by atoms with Crippen LogP contribution >= 0.6 is 0 Å². The van der Waals surface area contributed by atoms with Gasteiger partial charge in [-0.3, -0.25) is 0 Å². The van der Waals surface area contributed by atoms with Crippen LogP contribution in [0.15, 0.2) is 255 Å². The fourth-order valence-electron chi connectivity index (χ4n) is 15.4. The molecule has 0 radical (unpaired) electrons. The average molecular weight is 1020 g/mol. The topological polar surface area (TPSA) is 0 Å². The van der Waals surface area contributed by atoms with Crippen LogP contribution in [0.5, 0.6) is 0 Å². The molecule has 374 valence electrons. The molecule has 0 saturated carbocycles. The van der Waals surface area contributed by atoms with Crippen molar-refractivity contribution >= 4 is 21.5 Å². The molecule has 0 aromatic heterocycles. The minimum absolute atomic E-state index is 0.131. The Morgan fingerprint density at radius 3 is 1.10 bits per heavy atom. The van der Waals surface area contributed by atoms with Gasteiger partial charge in [0.1, 0.15) is 0 Å². The number of hydrogen-bond acceptors (Lipinski definition) is 0. The van der Waals surface area contributed by atoms with E-state index in [0.29, 0.717) is 0 Å². The SMILES string of the molecule is CC1(C)c2ccccc2-c2ccc(-c3ccc(-c4ccccc4-c4ccccc4)c4c3-c3ccc5c6c(ccc-4c36)-c3c-5c(-c4ccccc4-c4ccccc4)c4ccccc4c3-c3ccc4c(c3)C(C)(C)c3ccccc3-4)cc21. The Morgan fingerprint density at radius 1 is 0.188 bits per heavy atom. The molecular formula is C80H54. The Morgan fingerprint density at radius 2 is 0.537 bits per heavy atom. The van der Waals surface area contributed by atoms with Gasteiger partial charge in [-0.1, -0.05) is 270 Å². The number of rotatable bonds is 6. The molecule has 0 unspecified atom stereocenters. The number of fused-ring (bicyclic) bond motifs is 13. The Labute approximate surface area is 468 Å². The lowest BCUT2D eigenvalue weighted by molar-refractivity contribution is 0.660. The Hall–Kier alpha value is -9.62. The molecule has 0 atom stereocenters. The van der Waals surface area contributed by atoms with Crippen LogP contribution < -0.4 is 0 Å². The first-order valence-corrected chi connectivity index (χ1v) is 28.4. The average Bonchev–Trinajstić information content (AvgIpc) is 2.92. The zero-order valence-corrected chi connectivity index (χ0v) is 45.2. The Balaban J connectivity index is 0.976. The monoisotopic (exact) mass is 1010 g/mol. The van der Waals surface area contributed by atoms with E-state index in [0.717, 1.165) is 0 Å². The van der Waals surface area contributed by atoms with Crippen molar-refractivity contribution in [3.63, 3.8) is 0 Å². The molecular weight excluding hydrogens is 961 g/mol. The summed E-state index contributed by atoms with van der Waals surface area (Å²) in [4.78, 5) is 0.